The number of hydrogen-bond acceptors (Lipinski definition) is 6. The Morgan fingerprint density at radius 2 is 1.79 bits per heavy atom. The van der Waals surface area contributed by atoms with E-state index in [1.54, 1.807) is 24.1 Å². The first-order valence-corrected chi connectivity index (χ1v) is 13.0. The number of amides is 2. The molecular weight excluding hydrogens is 492 g/mol. The third kappa shape index (κ3) is 5.60. The molecule has 2 amide bonds. The molecular formula is C31H30N4O4. The van der Waals surface area contributed by atoms with E-state index in [0.717, 1.165) is 33.7 Å². The van der Waals surface area contributed by atoms with Crippen molar-refractivity contribution in [3.8, 4) is 17.0 Å². The average Bonchev–Trinajstić information content (AvgIpc) is 3.42. The molecule has 1 atom stereocenters. The number of likely N-dealkylation sites (N-methyl/N-ethyl adjacent to an activating group) is 1. The lowest BCUT2D eigenvalue weighted by atomic mass is 9.98. The van der Waals surface area contributed by atoms with E-state index < -0.39 is 6.04 Å². The number of phenolic OH excluding ortho intramolecular Hbond substituents is 1. The first kappa shape index (κ1) is 25.9. The molecule has 3 aromatic carbocycles. The topological polar surface area (TPSA) is 108 Å². The minimum absolute atomic E-state index is 0.0742. The summed E-state index contributed by atoms with van der Waals surface area (Å²) in [6.07, 6.45) is 3.27. The van der Waals surface area contributed by atoms with Gasteiger partial charge in [-0.2, -0.15) is 0 Å². The molecule has 0 spiro atoms. The molecule has 198 valence electrons. The van der Waals surface area contributed by atoms with Gasteiger partial charge in [-0.25, -0.2) is 0 Å². The lowest BCUT2D eigenvalue weighted by Gasteiger charge is -2.20. The van der Waals surface area contributed by atoms with E-state index in [4.69, 9.17) is 9.52 Å². The molecule has 0 aliphatic carbocycles. The van der Waals surface area contributed by atoms with Gasteiger partial charge in [-0.1, -0.05) is 47.1 Å². The third-order valence-electron chi connectivity index (χ3n) is 6.86. The van der Waals surface area contributed by atoms with Crippen LogP contribution in [0.3, 0.4) is 0 Å². The van der Waals surface area contributed by atoms with Crippen molar-refractivity contribution in [2.75, 3.05) is 18.5 Å². The molecule has 8 nitrogen and oxygen atoms in total. The van der Waals surface area contributed by atoms with E-state index in [9.17, 15) is 14.7 Å². The number of benzodiazepines with no additional fused rings is 1. The Morgan fingerprint density at radius 1 is 1.03 bits per heavy atom. The molecule has 39 heavy (non-hydrogen) atoms. The number of nitrogens with one attached hydrogen (secondary N) is 1. The van der Waals surface area contributed by atoms with E-state index >= 15 is 0 Å². The maximum absolute atomic E-state index is 13.4. The van der Waals surface area contributed by atoms with Crippen LogP contribution < -0.4 is 10.2 Å². The molecule has 1 unspecified atom stereocenters. The van der Waals surface area contributed by atoms with Gasteiger partial charge in [0.15, 0.2) is 0 Å². The van der Waals surface area contributed by atoms with Crippen molar-refractivity contribution in [1.29, 1.82) is 0 Å². The highest BCUT2D eigenvalue weighted by molar-refractivity contribution is 6.20. The summed E-state index contributed by atoms with van der Waals surface area (Å²) in [6.45, 7) is 2.46. The van der Waals surface area contributed by atoms with Crippen molar-refractivity contribution in [3.05, 3.63) is 101 Å². The van der Waals surface area contributed by atoms with Crippen molar-refractivity contribution in [2.24, 2.45) is 4.99 Å². The van der Waals surface area contributed by atoms with Crippen LogP contribution in [0.2, 0.25) is 0 Å². The predicted octanol–water partition coefficient (Wildman–Crippen LogP) is 5.14. The lowest BCUT2D eigenvalue weighted by Crippen LogP contribution is -2.35. The van der Waals surface area contributed by atoms with Crippen LogP contribution in [0.5, 0.6) is 5.75 Å². The molecule has 1 aliphatic heterocycles. The number of carbonyl (C=O) groups is 2. The molecule has 1 aliphatic rings. The minimum atomic E-state index is -0.565. The van der Waals surface area contributed by atoms with E-state index in [1.807, 2.05) is 67.6 Å². The number of nitrogens with zero attached hydrogens (tertiary/aromatic N) is 3. The molecule has 2 heterocycles. The number of aromatic hydroxyl groups is 1. The number of anilines is 1. The van der Waals surface area contributed by atoms with Gasteiger partial charge < -0.3 is 19.8 Å². The van der Waals surface area contributed by atoms with Crippen molar-refractivity contribution < 1.29 is 19.2 Å². The Morgan fingerprint density at radius 3 is 2.56 bits per heavy atom. The first-order valence-electron chi connectivity index (χ1n) is 13.0. The van der Waals surface area contributed by atoms with Gasteiger partial charge in [0.05, 0.1) is 11.4 Å². The van der Waals surface area contributed by atoms with E-state index in [0.29, 0.717) is 37.1 Å². The zero-order valence-corrected chi connectivity index (χ0v) is 21.9. The highest BCUT2D eigenvalue weighted by Crippen LogP contribution is 2.30. The molecule has 5 rings (SSSR count). The van der Waals surface area contributed by atoms with Crippen LogP contribution in [0.25, 0.3) is 11.3 Å². The largest absolute Gasteiger partial charge is 0.508 e. The molecule has 0 radical (unpaired) electrons. The number of carbonyl (C=O) groups excluding carboxylic acids is 2. The molecule has 8 heteroatoms. The Labute approximate surface area is 227 Å². The van der Waals surface area contributed by atoms with Gasteiger partial charge in [-0.15, -0.1) is 0 Å². The summed E-state index contributed by atoms with van der Waals surface area (Å²) in [5, 5.41) is 16.7. The van der Waals surface area contributed by atoms with Gasteiger partial charge in [-0.3, -0.25) is 14.6 Å². The molecule has 0 fully saturated rings. The SMILES string of the molecule is Cc1ccc2c(c1)C(c1ccc(O)cc1)=NC(CCCCNC(=O)c1conc1-c1ccccc1)C(=O)N2C. The highest BCUT2D eigenvalue weighted by Gasteiger charge is 2.29. The Kier molecular flexibility index (Phi) is 7.54. The first-order chi connectivity index (χ1) is 18.9. The Bertz CT molecular complexity index is 1510. The number of rotatable bonds is 8. The fourth-order valence-corrected chi connectivity index (χ4v) is 4.75. The van der Waals surface area contributed by atoms with Crippen LogP contribution >= 0.6 is 0 Å². The fourth-order valence-electron chi connectivity index (χ4n) is 4.75. The highest BCUT2D eigenvalue weighted by atomic mass is 16.5. The van der Waals surface area contributed by atoms with E-state index in [1.165, 1.54) is 6.26 Å². The van der Waals surface area contributed by atoms with Gasteiger partial charge in [0.1, 0.15) is 29.3 Å². The molecule has 0 saturated heterocycles. The Balaban J connectivity index is 1.27. The zero-order valence-electron chi connectivity index (χ0n) is 21.9. The summed E-state index contributed by atoms with van der Waals surface area (Å²) in [4.78, 5) is 32.8. The smallest absolute Gasteiger partial charge is 0.256 e. The number of benzene rings is 3. The number of aryl methyl sites for hydroxylation is 1. The van der Waals surface area contributed by atoms with Gasteiger partial charge in [0.25, 0.3) is 11.8 Å². The van der Waals surface area contributed by atoms with Crippen LogP contribution in [0, 0.1) is 6.92 Å². The van der Waals surface area contributed by atoms with Crippen LogP contribution in [-0.4, -0.2) is 47.4 Å². The number of aromatic nitrogens is 1. The van der Waals surface area contributed by atoms with Crippen molar-refractivity contribution >= 4 is 23.2 Å². The quantitative estimate of drug-likeness (QED) is 0.312. The normalized spacial score (nSPS) is 14.9. The van der Waals surface area contributed by atoms with Crippen molar-refractivity contribution in [1.82, 2.24) is 10.5 Å². The minimum Gasteiger partial charge on any atom is -0.508 e. The summed E-state index contributed by atoms with van der Waals surface area (Å²) in [5.41, 5.74) is 6.02. The van der Waals surface area contributed by atoms with Crippen LogP contribution in [0.15, 0.2) is 88.6 Å². The van der Waals surface area contributed by atoms with Gasteiger partial charge in [0.2, 0.25) is 0 Å². The summed E-state index contributed by atoms with van der Waals surface area (Å²) >= 11 is 0. The van der Waals surface area contributed by atoms with Crippen LogP contribution in [0.4, 0.5) is 5.69 Å². The standard InChI is InChI=1S/C31H30N4O4/c1-20-11-16-27-24(18-20)28(22-12-14-23(36)15-13-22)33-26(31(38)35(27)2)10-6-7-17-32-30(37)25-19-39-34-29(25)21-8-4-3-5-9-21/h3-5,8-9,11-16,18-19,26,36H,6-7,10,17H2,1-2H3,(H,32,37). The summed E-state index contributed by atoms with van der Waals surface area (Å²) in [6, 6.07) is 21.7. The number of aliphatic imine (C=N–C) groups is 1. The fraction of sp³-hybridized carbons (Fsp3) is 0.226. The monoisotopic (exact) mass is 522 g/mol. The molecule has 0 saturated carbocycles. The molecule has 0 bridgehead atoms. The number of fused-ring (bicyclic) bond motifs is 1. The van der Waals surface area contributed by atoms with Crippen molar-refractivity contribution in [3.63, 3.8) is 0 Å². The summed E-state index contributed by atoms with van der Waals surface area (Å²) in [7, 11) is 1.78. The molecule has 1 aromatic heterocycles. The zero-order chi connectivity index (χ0) is 27.4. The van der Waals surface area contributed by atoms with Crippen LogP contribution in [0.1, 0.15) is 46.3 Å². The van der Waals surface area contributed by atoms with Gasteiger partial charge >= 0.3 is 0 Å². The van der Waals surface area contributed by atoms with E-state index in [-0.39, 0.29) is 17.6 Å². The maximum atomic E-state index is 13.4. The van der Waals surface area contributed by atoms with Crippen molar-refractivity contribution in [2.45, 2.75) is 32.2 Å². The predicted molar refractivity (Wildman–Crippen MR) is 150 cm³/mol. The summed E-state index contributed by atoms with van der Waals surface area (Å²) < 4.78 is 5.07. The second-order valence-electron chi connectivity index (χ2n) is 9.65. The molecule has 4 aromatic rings. The molecule has 2 N–H and O–H groups in total. The third-order valence-corrected chi connectivity index (χ3v) is 6.86. The van der Waals surface area contributed by atoms with E-state index in [2.05, 4.69) is 10.5 Å². The van der Waals surface area contributed by atoms with Gasteiger partial charge in [0, 0.05) is 30.3 Å². The number of unbranched alkanes of at least 4 members (excludes halogenated alkanes) is 1. The number of phenols is 1. The second-order valence-corrected chi connectivity index (χ2v) is 9.65. The second kappa shape index (κ2) is 11.3. The summed E-state index contributed by atoms with van der Waals surface area (Å²) in [5.74, 6) is -0.153. The Hall–Kier alpha value is -4.72. The van der Waals surface area contributed by atoms with Gasteiger partial charge in [-0.05, 0) is 62.6 Å². The maximum Gasteiger partial charge on any atom is 0.256 e. The average molecular weight is 523 g/mol. The lowest BCUT2D eigenvalue weighted by molar-refractivity contribution is -0.119. The number of hydrogen-bond donors (Lipinski definition) is 2. The van der Waals surface area contributed by atoms with Crippen LogP contribution in [-0.2, 0) is 4.79 Å².